The fourth-order valence-electron chi connectivity index (χ4n) is 2.77. The first-order chi connectivity index (χ1) is 14.6. The number of amides is 1. The third-order valence-corrected chi connectivity index (χ3v) is 6.05. The number of ether oxygens (including phenoxy) is 1. The third-order valence-electron chi connectivity index (χ3n) is 4.67. The average molecular weight is 443 g/mol. The highest BCUT2D eigenvalue weighted by Gasteiger charge is 2.17. The van der Waals surface area contributed by atoms with Crippen LogP contribution in [0.3, 0.4) is 0 Å². The third kappa shape index (κ3) is 5.82. The van der Waals surface area contributed by atoms with Gasteiger partial charge in [-0.1, -0.05) is 12.1 Å². The molecule has 0 aliphatic carbocycles. The normalized spacial score (nSPS) is 12.1. The number of aryl methyl sites for hydroxylation is 2. The van der Waals surface area contributed by atoms with E-state index < -0.39 is 27.9 Å². The Morgan fingerprint density at radius 3 is 2.29 bits per heavy atom. The monoisotopic (exact) mass is 442 g/mol. The Kier molecular flexibility index (Phi) is 6.60. The van der Waals surface area contributed by atoms with Crippen molar-refractivity contribution in [2.45, 2.75) is 31.8 Å². The highest BCUT2D eigenvalue weighted by atomic mass is 32.2. The molecule has 1 unspecified atom stereocenters. The summed E-state index contributed by atoms with van der Waals surface area (Å²) in [6.45, 7) is 5.32. The predicted molar refractivity (Wildman–Crippen MR) is 118 cm³/mol. The van der Waals surface area contributed by atoms with Crippen LogP contribution in [0.1, 0.15) is 18.1 Å². The van der Waals surface area contributed by atoms with Gasteiger partial charge in [-0.2, -0.15) is 0 Å². The van der Waals surface area contributed by atoms with E-state index >= 15 is 0 Å². The molecule has 0 heterocycles. The molecular weight excluding hydrogens is 419 g/mol. The summed E-state index contributed by atoms with van der Waals surface area (Å²) in [5.41, 5.74) is 2.59. The molecule has 0 aliphatic rings. The lowest BCUT2D eigenvalue weighted by Gasteiger charge is -2.15. The summed E-state index contributed by atoms with van der Waals surface area (Å²) in [6, 6.07) is 16.6. The predicted octanol–water partition coefficient (Wildman–Crippen LogP) is 4.65. The van der Waals surface area contributed by atoms with Gasteiger partial charge in [-0.05, 0) is 86.5 Å². The zero-order chi connectivity index (χ0) is 22.6. The molecule has 162 valence electrons. The molecule has 3 rings (SSSR count). The molecule has 8 heteroatoms. The van der Waals surface area contributed by atoms with Crippen molar-refractivity contribution in [1.82, 2.24) is 0 Å². The molecule has 3 aromatic carbocycles. The maximum absolute atomic E-state index is 13.0. The average Bonchev–Trinajstić information content (AvgIpc) is 2.71. The summed E-state index contributed by atoms with van der Waals surface area (Å²) in [6.07, 6.45) is -0.846. The van der Waals surface area contributed by atoms with Crippen molar-refractivity contribution in [3.63, 3.8) is 0 Å². The van der Waals surface area contributed by atoms with Crippen LogP contribution < -0.4 is 14.8 Å². The first-order valence-corrected chi connectivity index (χ1v) is 11.1. The lowest BCUT2D eigenvalue weighted by molar-refractivity contribution is -0.122. The molecule has 31 heavy (non-hydrogen) atoms. The fraction of sp³-hybridized carbons (Fsp3) is 0.174. The molecular formula is C23H23FN2O4S. The van der Waals surface area contributed by atoms with E-state index in [-0.39, 0.29) is 4.90 Å². The largest absolute Gasteiger partial charge is 0.481 e. The van der Waals surface area contributed by atoms with Gasteiger partial charge in [0.25, 0.3) is 15.9 Å². The maximum atomic E-state index is 13.0. The molecule has 1 amide bonds. The van der Waals surface area contributed by atoms with E-state index in [4.69, 9.17) is 4.74 Å². The van der Waals surface area contributed by atoms with Crippen molar-refractivity contribution in [3.05, 3.63) is 83.7 Å². The van der Waals surface area contributed by atoms with Gasteiger partial charge < -0.3 is 10.1 Å². The number of sulfonamides is 1. The lowest BCUT2D eigenvalue weighted by atomic mass is 10.1. The Hall–Kier alpha value is -3.39. The molecule has 0 aliphatic heterocycles. The molecule has 0 aromatic heterocycles. The SMILES string of the molecule is Cc1ccc(S(=O)(=O)Nc2cccc(NC(=O)C(C)Oc3ccc(F)cc3)c2)cc1C. The lowest BCUT2D eigenvalue weighted by Crippen LogP contribution is -2.30. The number of nitrogens with one attached hydrogen (secondary N) is 2. The van der Waals surface area contributed by atoms with E-state index in [9.17, 15) is 17.6 Å². The highest BCUT2D eigenvalue weighted by molar-refractivity contribution is 7.92. The summed E-state index contributed by atoms with van der Waals surface area (Å²) in [7, 11) is -3.78. The fourth-order valence-corrected chi connectivity index (χ4v) is 3.90. The van der Waals surface area contributed by atoms with E-state index in [2.05, 4.69) is 10.0 Å². The summed E-state index contributed by atoms with van der Waals surface area (Å²) in [4.78, 5) is 12.6. The van der Waals surface area contributed by atoms with Gasteiger partial charge in [0, 0.05) is 5.69 Å². The molecule has 0 spiro atoms. The van der Waals surface area contributed by atoms with Crippen LogP contribution in [0, 0.1) is 19.7 Å². The number of rotatable bonds is 7. The maximum Gasteiger partial charge on any atom is 0.265 e. The molecule has 0 radical (unpaired) electrons. The second-order valence-corrected chi connectivity index (χ2v) is 8.82. The van der Waals surface area contributed by atoms with Crippen molar-refractivity contribution in [1.29, 1.82) is 0 Å². The van der Waals surface area contributed by atoms with Crippen LogP contribution in [0.5, 0.6) is 5.75 Å². The summed E-state index contributed by atoms with van der Waals surface area (Å²) >= 11 is 0. The van der Waals surface area contributed by atoms with E-state index in [1.807, 2.05) is 13.8 Å². The van der Waals surface area contributed by atoms with E-state index in [0.717, 1.165) is 11.1 Å². The summed E-state index contributed by atoms with van der Waals surface area (Å²) in [5.74, 6) is -0.470. The number of carbonyl (C=O) groups is 1. The quantitative estimate of drug-likeness (QED) is 0.558. The van der Waals surface area contributed by atoms with Crippen molar-refractivity contribution in [2.24, 2.45) is 0 Å². The molecule has 2 N–H and O–H groups in total. The van der Waals surface area contributed by atoms with E-state index in [1.54, 1.807) is 43.3 Å². The summed E-state index contributed by atoms with van der Waals surface area (Å²) < 4.78 is 46.4. The Morgan fingerprint density at radius 1 is 0.935 bits per heavy atom. The molecule has 0 saturated heterocycles. The van der Waals surface area contributed by atoms with Gasteiger partial charge >= 0.3 is 0 Å². The van der Waals surface area contributed by atoms with Crippen LogP contribution in [-0.2, 0) is 14.8 Å². The Bertz CT molecular complexity index is 1190. The van der Waals surface area contributed by atoms with Crippen LogP contribution in [0.4, 0.5) is 15.8 Å². The zero-order valence-electron chi connectivity index (χ0n) is 17.3. The minimum absolute atomic E-state index is 0.159. The number of hydrogen-bond donors (Lipinski definition) is 2. The minimum Gasteiger partial charge on any atom is -0.481 e. The number of anilines is 2. The van der Waals surface area contributed by atoms with Crippen LogP contribution in [0.25, 0.3) is 0 Å². The smallest absolute Gasteiger partial charge is 0.265 e. The Morgan fingerprint density at radius 2 is 1.61 bits per heavy atom. The van der Waals surface area contributed by atoms with Gasteiger partial charge in [0.1, 0.15) is 11.6 Å². The van der Waals surface area contributed by atoms with Crippen LogP contribution >= 0.6 is 0 Å². The molecule has 0 fully saturated rings. The highest BCUT2D eigenvalue weighted by Crippen LogP contribution is 2.22. The van der Waals surface area contributed by atoms with Gasteiger partial charge in [0.15, 0.2) is 6.10 Å². The summed E-state index contributed by atoms with van der Waals surface area (Å²) in [5, 5.41) is 2.68. The van der Waals surface area contributed by atoms with E-state index in [0.29, 0.717) is 17.1 Å². The van der Waals surface area contributed by atoms with Gasteiger partial charge in [0.05, 0.1) is 10.6 Å². The molecule has 6 nitrogen and oxygen atoms in total. The molecule has 0 bridgehead atoms. The number of halogens is 1. The van der Waals surface area contributed by atoms with Gasteiger partial charge in [0.2, 0.25) is 0 Å². The zero-order valence-corrected chi connectivity index (χ0v) is 18.2. The van der Waals surface area contributed by atoms with Gasteiger partial charge in [-0.15, -0.1) is 0 Å². The Labute approximate surface area is 181 Å². The minimum atomic E-state index is -3.78. The van der Waals surface area contributed by atoms with Gasteiger partial charge in [-0.25, -0.2) is 12.8 Å². The topological polar surface area (TPSA) is 84.5 Å². The van der Waals surface area contributed by atoms with Crippen molar-refractivity contribution in [3.8, 4) is 5.75 Å². The number of carbonyl (C=O) groups excluding carboxylic acids is 1. The standard InChI is InChI=1S/C23H23FN2O4S/c1-15-7-12-22(13-16(15)2)31(28,29)26-20-6-4-5-19(14-20)25-23(27)17(3)30-21-10-8-18(24)9-11-21/h4-14,17,26H,1-3H3,(H,25,27). The molecule has 0 saturated carbocycles. The van der Waals surface area contributed by atoms with Crippen LogP contribution in [0.15, 0.2) is 71.6 Å². The van der Waals surface area contributed by atoms with Gasteiger partial charge in [-0.3, -0.25) is 9.52 Å². The number of benzene rings is 3. The number of hydrogen-bond acceptors (Lipinski definition) is 4. The molecule has 3 aromatic rings. The van der Waals surface area contributed by atoms with Crippen LogP contribution in [-0.4, -0.2) is 20.4 Å². The first kappa shape index (κ1) is 22.3. The van der Waals surface area contributed by atoms with Crippen LogP contribution in [0.2, 0.25) is 0 Å². The Balaban J connectivity index is 1.68. The molecule has 1 atom stereocenters. The first-order valence-electron chi connectivity index (χ1n) is 9.57. The van der Waals surface area contributed by atoms with Crippen molar-refractivity contribution in [2.75, 3.05) is 10.0 Å². The van der Waals surface area contributed by atoms with E-state index in [1.165, 1.54) is 30.3 Å². The van der Waals surface area contributed by atoms with Crippen molar-refractivity contribution < 1.29 is 22.3 Å². The second-order valence-electron chi connectivity index (χ2n) is 7.14. The van der Waals surface area contributed by atoms with Crippen molar-refractivity contribution >= 4 is 27.3 Å². The second kappa shape index (κ2) is 9.18.